The van der Waals surface area contributed by atoms with Crippen molar-refractivity contribution in [3.63, 3.8) is 0 Å². The molecule has 1 aromatic carbocycles. The molecule has 0 aliphatic carbocycles. The Hall–Kier alpha value is -1.97. The Morgan fingerprint density at radius 1 is 1.44 bits per heavy atom. The molecule has 0 unspecified atom stereocenters. The number of benzene rings is 1. The third-order valence-electron chi connectivity index (χ3n) is 2.38. The van der Waals surface area contributed by atoms with Crippen molar-refractivity contribution in [2.75, 3.05) is 13.7 Å². The van der Waals surface area contributed by atoms with Gasteiger partial charge in [0.1, 0.15) is 11.5 Å². The van der Waals surface area contributed by atoms with Crippen molar-refractivity contribution in [3.05, 3.63) is 29.8 Å². The lowest BCUT2D eigenvalue weighted by atomic mass is 10.1. The highest BCUT2D eigenvalue weighted by Crippen LogP contribution is 2.26. The van der Waals surface area contributed by atoms with Crippen molar-refractivity contribution >= 4 is 12.0 Å². The van der Waals surface area contributed by atoms with Crippen LogP contribution in [0.5, 0.6) is 11.5 Å². The summed E-state index contributed by atoms with van der Waals surface area (Å²) in [6, 6.07) is 5.31. The number of carboxylic acid groups (broad SMARTS) is 1. The third-order valence-corrected chi connectivity index (χ3v) is 2.38. The van der Waals surface area contributed by atoms with E-state index in [9.17, 15) is 4.79 Å². The lowest BCUT2D eigenvalue weighted by Crippen LogP contribution is -1.99. The van der Waals surface area contributed by atoms with Crippen molar-refractivity contribution in [3.8, 4) is 11.5 Å². The second-order valence-corrected chi connectivity index (χ2v) is 3.78. The summed E-state index contributed by atoms with van der Waals surface area (Å²) in [5.41, 5.74) is 0.731. The summed E-state index contributed by atoms with van der Waals surface area (Å²) in [5, 5.41) is 8.63. The Balaban J connectivity index is 2.89. The number of hydrogen-bond acceptors (Lipinski definition) is 3. The monoisotopic (exact) mass is 250 g/mol. The maximum atomic E-state index is 10.5. The van der Waals surface area contributed by atoms with Gasteiger partial charge in [0, 0.05) is 17.7 Å². The number of hydrogen-bond donors (Lipinski definition) is 1. The minimum absolute atomic E-state index is 0.609. The second-order valence-electron chi connectivity index (χ2n) is 3.78. The predicted octanol–water partition coefficient (Wildman–Crippen LogP) is 2.97. The van der Waals surface area contributed by atoms with Crippen LogP contribution >= 0.6 is 0 Å². The molecular weight excluding hydrogens is 232 g/mol. The molecule has 4 heteroatoms. The van der Waals surface area contributed by atoms with Gasteiger partial charge in [-0.2, -0.15) is 0 Å². The van der Waals surface area contributed by atoms with Crippen molar-refractivity contribution < 1.29 is 19.4 Å². The van der Waals surface area contributed by atoms with E-state index in [-0.39, 0.29) is 0 Å². The van der Waals surface area contributed by atoms with Crippen molar-refractivity contribution in [2.24, 2.45) is 0 Å². The van der Waals surface area contributed by atoms with Crippen LogP contribution < -0.4 is 9.47 Å². The van der Waals surface area contributed by atoms with Gasteiger partial charge in [0.2, 0.25) is 0 Å². The first kappa shape index (κ1) is 14.1. The molecule has 0 bridgehead atoms. The molecule has 1 aromatic rings. The largest absolute Gasteiger partial charge is 0.497 e. The highest BCUT2D eigenvalue weighted by atomic mass is 16.5. The van der Waals surface area contributed by atoms with Crippen molar-refractivity contribution in [2.45, 2.75) is 19.8 Å². The highest BCUT2D eigenvalue weighted by molar-refractivity contribution is 5.86. The molecule has 0 heterocycles. The highest BCUT2D eigenvalue weighted by Gasteiger charge is 2.04. The predicted molar refractivity (Wildman–Crippen MR) is 70.1 cm³/mol. The SMILES string of the molecule is CCCCOc1cc(OC)ccc1/C=C/C(=O)O. The first-order chi connectivity index (χ1) is 8.67. The smallest absolute Gasteiger partial charge is 0.328 e. The van der Waals surface area contributed by atoms with Gasteiger partial charge in [-0.3, -0.25) is 0 Å². The zero-order valence-corrected chi connectivity index (χ0v) is 10.7. The molecule has 0 spiro atoms. The van der Waals surface area contributed by atoms with E-state index in [0.29, 0.717) is 18.1 Å². The number of carboxylic acids is 1. The van der Waals surface area contributed by atoms with Crippen LogP contribution in [-0.4, -0.2) is 24.8 Å². The summed E-state index contributed by atoms with van der Waals surface area (Å²) >= 11 is 0. The summed E-state index contributed by atoms with van der Waals surface area (Å²) in [5.74, 6) is 0.347. The molecule has 0 aliphatic heterocycles. The quantitative estimate of drug-likeness (QED) is 0.597. The molecule has 0 aromatic heterocycles. The van der Waals surface area contributed by atoms with Gasteiger partial charge in [-0.1, -0.05) is 13.3 Å². The fourth-order valence-corrected chi connectivity index (χ4v) is 1.39. The van der Waals surface area contributed by atoms with E-state index < -0.39 is 5.97 Å². The van der Waals surface area contributed by atoms with E-state index in [4.69, 9.17) is 14.6 Å². The van der Waals surface area contributed by atoms with E-state index in [2.05, 4.69) is 6.92 Å². The molecular formula is C14H18O4. The van der Waals surface area contributed by atoms with Crippen molar-refractivity contribution in [1.82, 2.24) is 0 Å². The fraction of sp³-hybridized carbons (Fsp3) is 0.357. The second kappa shape index (κ2) is 7.37. The maximum Gasteiger partial charge on any atom is 0.328 e. The zero-order chi connectivity index (χ0) is 13.4. The first-order valence-electron chi connectivity index (χ1n) is 5.89. The third kappa shape index (κ3) is 4.49. The van der Waals surface area contributed by atoms with Crippen molar-refractivity contribution in [1.29, 1.82) is 0 Å². The Bertz CT molecular complexity index is 424. The number of methoxy groups -OCH3 is 1. The van der Waals surface area contributed by atoms with Crippen LogP contribution in [0.25, 0.3) is 6.08 Å². The average molecular weight is 250 g/mol. The maximum absolute atomic E-state index is 10.5. The number of carbonyl (C=O) groups is 1. The summed E-state index contributed by atoms with van der Waals surface area (Å²) in [6.07, 6.45) is 4.61. The first-order valence-corrected chi connectivity index (χ1v) is 5.89. The summed E-state index contributed by atoms with van der Waals surface area (Å²) < 4.78 is 10.7. The molecule has 4 nitrogen and oxygen atoms in total. The average Bonchev–Trinajstić information content (AvgIpc) is 2.37. The van der Waals surface area contributed by atoms with Gasteiger partial charge in [-0.25, -0.2) is 4.79 Å². The van der Waals surface area contributed by atoms with Crippen LogP contribution in [-0.2, 0) is 4.79 Å². The van der Waals surface area contributed by atoms with Crippen LogP contribution in [0.3, 0.4) is 0 Å². The van der Waals surface area contributed by atoms with Crippen LogP contribution in [0.1, 0.15) is 25.3 Å². The molecule has 98 valence electrons. The minimum Gasteiger partial charge on any atom is -0.497 e. The van der Waals surface area contributed by atoms with Gasteiger partial charge in [0.25, 0.3) is 0 Å². The van der Waals surface area contributed by atoms with Gasteiger partial charge in [0.15, 0.2) is 0 Å². The molecule has 0 saturated heterocycles. The van der Waals surface area contributed by atoms with E-state index in [1.54, 1.807) is 25.3 Å². The molecule has 0 fully saturated rings. The standard InChI is InChI=1S/C14H18O4/c1-3-4-9-18-13-10-12(17-2)7-5-11(13)6-8-14(15)16/h5-8,10H,3-4,9H2,1-2H3,(H,15,16)/b8-6+. The minimum atomic E-state index is -0.981. The summed E-state index contributed by atoms with van der Waals surface area (Å²) in [4.78, 5) is 10.5. The number of rotatable bonds is 7. The Labute approximate surface area is 107 Å². The van der Waals surface area contributed by atoms with Gasteiger partial charge in [-0.15, -0.1) is 0 Å². The van der Waals surface area contributed by atoms with E-state index in [0.717, 1.165) is 24.5 Å². The zero-order valence-electron chi connectivity index (χ0n) is 10.7. The Morgan fingerprint density at radius 3 is 2.83 bits per heavy atom. The van der Waals surface area contributed by atoms with E-state index >= 15 is 0 Å². The number of aliphatic carboxylic acids is 1. The van der Waals surface area contributed by atoms with Gasteiger partial charge < -0.3 is 14.6 Å². The van der Waals surface area contributed by atoms with Crippen LogP contribution in [0.2, 0.25) is 0 Å². The van der Waals surface area contributed by atoms with Crippen LogP contribution in [0.15, 0.2) is 24.3 Å². The summed E-state index contributed by atoms with van der Waals surface area (Å²) in [6.45, 7) is 2.69. The van der Waals surface area contributed by atoms with Gasteiger partial charge in [-0.05, 0) is 24.6 Å². The lowest BCUT2D eigenvalue weighted by molar-refractivity contribution is -0.131. The summed E-state index contributed by atoms with van der Waals surface area (Å²) in [7, 11) is 1.58. The topological polar surface area (TPSA) is 55.8 Å². The molecule has 0 saturated carbocycles. The Morgan fingerprint density at radius 2 is 2.22 bits per heavy atom. The van der Waals surface area contributed by atoms with E-state index in [1.165, 1.54) is 6.08 Å². The molecule has 0 atom stereocenters. The van der Waals surface area contributed by atoms with Crippen LogP contribution in [0.4, 0.5) is 0 Å². The number of ether oxygens (including phenoxy) is 2. The fourth-order valence-electron chi connectivity index (χ4n) is 1.39. The Kier molecular flexibility index (Phi) is 5.77. The molecule has 18 heavy (non-hydrogen) atoms. The molecule has 0 radical (unpaired) electrons. The molecule has 0 amide bonds. The normalized spacial score (nSPS) is 10.6. The van der Waals surface area contributed by atoms with Crippen LogP contribution in [0, 0.1) is 0 Å². The van der Waals surface area contributed by atoms with Gasteiger partial charge in [0.05, 0.1) is 13.7 Å². The lowest BCUT2D eigenvalue weighted by Gasteiger charge is -2.10. The van der Waals surface area contributed by atoms with Gasteiger partial charge >= 0.3 is 5.97 Å². The number of unbranched alkanes of at least 4 members (excludes halogenated alkanes) is 1. The van der Waals surface area contributed by atoms with E-state index in [1.807, 2.05) is 0 Å². The molecule has 1 N–H and O–H groups in total. The molecule has 1 rings (SSSR count). The molecule has 0 aliphatic rings.